The van der Waals surface area contributed by atoms with Crippen LogP contribution in [0.1, 0.15) is 19.1 Å². The Morgan fingerprint density at radius 2 is 2.50 bits per heavy atom. The molecular weight excluding hydrogens is 333 g/mol. The molecule has 0 saturated carbocycles. The van der Waals surface area contributed by atoms with Crippen molar-refractivity contribution in [3.63, 3.8) is 0 Å². The molecule has 10 heteroatoms. The number of anilines is 1. The fourth-order valence-corrected chi connectivity index (χ4v) is 3.02. The number of nitrogens with two attached hydrogens (primary N) is 1. The van der Waals surface area contributed by atoms with Gasteiger partial charge >= 0.3 is 13.3 Å². The molecule has 0 aliphatic carbocycles. The summed E-state index contributed by atoms with van der Waals surface area (Å²) in [7, 11) is -2.67. The summed E-state index contributed by atoms with van der Waals surface area (Å²) in [6.45, 7) is 0. The van der Waals surface area contributed by atoms with Gasteiger partial charge in [-0.05, 0) is 25.0 Å². The van der Waals surface area contributed by atoms with Gasteiger partial charge in [0, 0.05) is 19.1 Å². The minimum atomic E-state index is -3.81. The summed E-state index contributed by atoms with van der Waals surface area (Å²) < 4.78 is 23.1. The topological polar surface area (TPSA) is 117 Å². The molecule has 3 atom stereocenters. The van der Waals surface area contributed by atoms with Crippen molar-refractivity contribution in [2.45, 2.75) is 24.7 Å². The molecule has 1 saturated heterocycles. The predicted octanol–water partition coefficient (Wildman–Crippen LogP) is 1.46. The first-order valence-electron chi connectivity index (χ1n) is 6.48. The van der Waals surface area contributed by atoms with Crippen LogP contribution in [0.4, 0.5) is 5.82 Å². The van der Waals surface area contributed by atoms with Crippen molar-refractivity contribution < 1.29 is 18.7 Å². The summed E-state index contributed by atoms with van der Waals surface area (Å²) >= 11 is 5.94. The Kier molecular flexibility index (Phi) is 5.09. The van der Waals surface area contributed by atoms with Gasteiger partial charge in [0.25, 0.3) is 0 Å². The van der Waals surface area contributed by atoms with Gasteiger partial charge in [0.15, 0.2) is 0 Å². The summed E-state index contributed by atoms with van der Waals surface area (Å²) in [6.07, 6.45) is 3.34. The zero-order valence-corrected chi connectivity index (χ0v) is 13.5. The summed E-state index contributed by atoms with van der Waals surface area (Å²) in [5.41, 5.74) is 3.98. The molecule has 3 N–H and O–H groups in total. The molecule has 1 aliphatic heterocycles. The van der Waals surface area contributed by atoms with Crippen LogP contribution in [-0.4, -0.2) is 33.0 Å². The number of hydrogen-bond donors (Lipinski definition) is 2. The van der Waals surface area contributed by atoms with E-state index in [1.54, 1.807) is 0 Å². The lowest BCUT2D eigenvalue weighted by Gasteiger charge is -2.24. The SMILES string of the molecule is COP(=O)(O)/C=C/[C@]1(CCl)CC[C@H](n2ccc(N)nc2=O)O1. The van der Waals surface area contributed by atoms with Gasteiger partial charge in [0.2, 0.25) is 0 Å². The minimum absolute atomic E-state index is 0.0703. The Hall–Kier alpha value is -1.18. The van der Waals surface area contributed by atoms with Crippen molar-refractivity contribution in [1.82, 2.24) is 9.55 Å². The molecule has 1 aliphatic rings. The minimum Gasteiger partial charge on any atom is -0.383 e. The first-order valence-corrected chi connectivity index (χ1v) is 8.66. The van der Waals surface area contributed by atoms with Crippen LogP contribution in [0.3, 0.4) is 0 Å². The fourth-order valence-electron chi connectivity index (χ4n) is 2.15. The third kappa shape index (κ3) is 3.77. The number of alkyl halides is 1. The summed E-state index contributed by atoms with van der Waals surface area (Å²) in [5, 5.41) is 0. The van der Waals surface area contributed by atoms with Crippen LogP contribution in [0.15, 0.2) is 29.0 Å². The Labute approximate surface area is 132 Å². The number of rotatable bonds is 5. The largest absolute Gasteiger partial charge is 0.383 e. The van der Waals surface area contributed by atoms with Gasteiger partial charge in [-0.3, -0.25) is 9.13 Å². The summed E-state index contributed by atoms with van der Waals surface area (Å²) in [6, 6.07) is 1.49. The van der Waals surface area contributed by atoms with Crippen LogP contribution in [0.25, 0.3) is 0 Å². The number of nitrogens with zero attached hydrogens (tertiary/aromatic N) is 2. The highest BCUT2D eigenvalue weighted by molar-refractivity contribution is 7.56. The Morgan fingerprint density at radius 3 is 3.09 bits per heavy atom. The highest BCUT2D eigenvalue weighted by Gasteiger charge is 2.39. The van der Waals surface area contributed by atoms with Gasteiger partial charge in [0.05, 0.1) is 5.88 Å². The number of nitrogen functional groups attached to an aromatic ring is 1. The van der Waals surface area contributed by atoms with Crippen LogP contribution in [-0.2, 0) is 13.8 Å². The molecule has 2 rings (SSSR count). The zero-order valence-electron chi connectivity index (χ0n) is 11.9. The molecule has 0 spiro atoms. The van der Waals surface area contributed by atoms with Crippen molar-refractivity contribution in [2.75, 3.05) is 18.7 Å². The average Bonchev–Trinajstić information content (AvgIpc) is 2.90. The highest BCUT2D eigenvalue weighted by Crippen LogP contribution is 2.45. The Bertz CT molecular complexity index is 679. The third-order valence-corrected chi connectivity index (χ3v) is 4.90. The molecule has 1 aromatic heterocycles. The van der Waals surface area contributed by atoms with Gasteiger partial charge < -0.3 is 19.9 Å². The van der Waals surface area contributed by atoms with Crippen LogP contribution in [0, 0.1) is 0 Å². The second-order valence-corrected chi connectivity index (χ2v) is 6.97. The lowest BCUT2D eigenvalue weighted by Crippen LogP contribution is -2.31. The van der Waals surface area contributed by atoms with E-state index in [2.05, 4.69) is 9.51 Å². The molecule has 1 fully saturated rings. The van der Waals surface area contributed by atoms with Crippen molar-refractivity contribution in [1.29, 1.82) is 0 Å². The highest BCUT2D eigenvalue weighted by atomic mass is 35.5. The predicted molar refractivity (Wildman–Crippen MR) is 81.7 cm³/mol. The first kappa shape index (κ1) is 17.2. The average molecular weight is 350 g/mol. The zero-order chi connectivity index (χ0) is 16.4. The molecule has 1 aromatic rings. The van der Waals surface area contributed by atoms with Crippen LogP contribution >= 0.6 is 19.2 Å². The van der Waals surface area contributed by atoms with E-state index in [-0.39, 0.29) is 11.7 Å². The summed E-state index contributed by atoms with van der Waals surface area (Å²) in [5.74, 6) is 1.24. The van der Waals surface area contributed by atoms with E-state index in [0.29, 0.717) is 12.8 Å². The molecule has 0 amide bonds. The monoisotopic (exact) mass is 349 g/mol. The summed E-state index contributed by atoms with van der Waals surface area (Å²) in [4.78, 5) is 24.9. The van der Waals surface area contributed by atoms with E-state index in [4.69, 9.17) is 22.1 Å². The van der Waals surface area contributed by atoms with E-state index in [9.17, 15) is 14.3 Å². The molecule has 122 valence electrons. The van der Waals surface area contributed by atoms with Crippen LogP contribution in [0.5, 0.6) is 0 Å². The van der Waals surface area contributed by atoms with Crippen molar-refractivity contribution in [2.24, 2.45) is 0 Å². The van der Waals surface area contributed by atoms with Gasteiger partial charge in [-0.2, -0.15) is 4.98 Å². The number of halogens is 1. The number of hydrogen-bond acceptors (Lipinski definition) is 6. The molecule has 2 heterocycles. The fraction of sp³-hybridized carbons (Fsp3) is 0.500. The number of aromatic nitrogens is 2. The van der Waals surface area contributed by atoms with Crippen LogP contribution in [0.2, 0.25) is 0 Å². The second kappa shape index (κ2) is 6.52. The third-order valence-electron chi connectivity index (χ3n) is 3.40. The Balaban J connectivity index is 2.22. The van der Waals surface area contributed by atoms with E-state index < -0.39 is 25.1 Å². The van der Waals surface area contributed by atoms with E-state index in [1.807, 2.05) is 0 Å². The molecule has 0 bridgehead atoms. The maximum absolute atomic E-state index is 11.8. The Morgan fingerprint density at radius 1 is 1.77 bits per heavy atom. The van der Waals surface area contributed by atoms with E-state index in [0.717, 1.165) is 12.9 Å². The van der Waals surface area contributed by atoms with Gasteiger partial charge in [-0.25, -0.2) is 4.79 Å². The van der Waals surface area contributed by atoms with Crippen molar-refractivity contribution in [3.05, 3.63) is 34.6 Å². The van der Waals surface area contributed by atoms with Crippen LogP contribution < -0.4 is 11.4 Å². The molecule has 1 unspecified atom stereocenters. The van der Waals surface area contributed by atoms with Gasteiger partial charge in [0.1, 0.15) is 17.6 Å². The lowest BCUT2D eigenvalue weighted by molar-refractivity contribution is -0.0328. The van der Waals surface area contributed by atoms with E-state index >= 15 is 0 Å². The molecule has 0 radical (unpaired) electrons. The standard InChI is InChI=1S/C12H17ClN3O5P/c1-20-22(18,19)7-5-12(8-13)4-2-10(21-12)16-6-3-9(14)15-11(16)17/h3,5-7,10H,2,4,8H2,1H3,(H,18,19)(H2,14,15,17)/b7-5+/t10-,12+/m1/s1. The second-order valence-electron chi connectivity index (χ2n) is 4.91. The quantitative estimate of drug-likeness (QED) is 0.610. The van der Waals surface area contributed by atoms with Gasteiger partial charge in [-0.15, -0.1) is 11.6 Å². The normalized spacial score (nSPS) is 28.0. The molecule has 22 heavy (non-hydrogen) atoms. The molecular formula is C12H17ClN3O5P. The number of ether oxygens (including phenoxy) is 1. The van der Waals surface area contributed by atoms with Gasteiger partial charge in [-0.1, -0.05) is 0 Å². The van der Waals surface area contributed by atoms with Crippen molar-refractivity contribution >= 4 is 25.0 Å². The smallest absolute Gasteiger partial charge is 0.351 e. The molecule has 8 nitrogen and oxygen atoms in total. The maximum atomic E-state index is 11.8. The lowest BCUT2D eigenvalue weighted by atomic mass is 10.0. The van der Waals surface area contributed by atoms with Crippen molar-refractivity contribution in [3.8, 4) is 0 Å². The van der Waals surface area contributed by atoms with E-state index in [1.165, 1.54) is 22.9 Å². The maximum Gasteiger partial charge on any atom is 0.351 e. The first-order chi connectivity index (χ1) is 10.3. The molecule has 0 aromatic carbocycles.